The molecule has 0 aliphatic rings. The number of aryl methyl sites for hydroxylation is 2. The number of hydrogen-bond acceptors (Lipinski definition) is 2. The molecule has 2 aromatic rings. The van der Waals surface area contributed by atoms with Crippen LogP contribution in [0.25, 0.3) is 0 Å². The van der Waals surface area contributed by atoms with Crippen LogP contribution in [0.3, 0.4) is 0 Å². The van der Waals surface area contributed by atoms with Crippen LogP contribution in [0.4, 0.5) is 5.69 Å². The van der Waals surface area contributed by atoms with Gasteiger partial charge in [-0.05, 0) is 48.2 Å². The number of nitrogen functional groups attached to an aromatic ring is 1. The van der Waals surface area contributed by atoms with Gasteiger partial charge in [0.1, 0.15) is 6.10 Å². The van der Waals surface area contributed by atoms with Crippen molar-refractivity contribution in [2.24, 2.45) is 0 Å². The van der Waals surface area contributed by atoms with E-state index >= 15 is 0 Å². The highest BCUT2D eigenvalue weighted by atomic mass is 16.3. The molecule has 0 saturated heterocycles. The Labute approximate surface area is 102 Å². The van der Waals surface area contributed by atoms with E-state index in [4.69, 9.17) is 5.73 Å². The number of nitrogens with two attached hydrogens (primary N) is 1. The summed E-state index contributed by atoms with van der Waals surface area (Å²) in [6.45, 7) is 4.11. The third-order valence-corrected chi connectivity index (χ3v) is 3.07. The van der Waals surface area contributed by atoms with E-state index in [9.17, 15) is 5.11 Å². The van der Waals surface area contributed by atoms with Crippen LogP contribution in [0, 0.1) is 13.8 Å². The minimum absolute atomic E-state index is 0.613. The van der Waals surface area contributed by atoms with Crippen LogP contribution in [-0.4, -0.2) is 5.11 Å². The highest BCUT2D eigenvalue weighted by Crippen LogP contribution is 2.24. The fourth-order valence-electron chi connectivity index (χ4n) is 1.86. The summed E-state index contributed by atoms with van der Waals surface area (Å²) < 4.78 is 0. The minimum atomic E-state index is -0.613. The van der Waals surface area contributed by atoms with Crippen LogP contribution >= 0.6 is 0 Å². The molecule has 17 heavy (non-hydrogen) atoms. The van der Waals surface area contributed by atoms with Crippen molar-refractivity contribution in [3.8, 4) is 0 Å². The van der Waals surface area contributed by atoms with Gasteiger partial charge in [0, 0.05) is 5.69 Å². The van der Waals surface area contributed by atoms with E-state index in [0.717, 1.165) is 11.1 Å². The fraction of sp³-hybridized carbons (Fsp3) is 0.200. The van der Waals surface area contributed by atoms with Crippen LogP contribution < -0.4 is 5.73 Å². The number of rotatable bonds is 2. The van der Waals surface area contributed by atoms with Crippen molar-refractivity contribution in [3.63, 3.8) is 0 Å². The van der Waals surface area contributed by atoms with E-state index in [1.54, 1.807) is 6.07 Å². The molecule has 0 spiro atoms. The van der Waals surface area contributed by atoms with Gasteiger partial charge in [-0.25, -0.2) is 0 Å². The molecule has 0 heterocycles. The van der Waals surface area contributed by atoms with E-state index in [1.165, 1.54) is 11.1 Å². The van der Waals surface area contributed by atoms with Gasteiger partial charge in [-0.2, -0.15) is 0 Å². The Hall–Kier alpha value is -1.80. The van der Waals surface area contributed by atoms with Gasteiger partial charge in [0.2, 0.25) is 0 Å². The lowest BCUT2D eigenvalue weighted by Crippen LogP contribution is -2.01. The second kappa shape index (κ2) is 4.60. The summed E-state index contributed by atoms with van der Waals surface area (Å²) in [6.07, 6.45) is -0.613. The first-order valence-corrected chi connectivity index (χ1v) is 5.68. The van der Waals surface area contributed by atoms with Crippen molar-refractivity contribution < 1.29 is 5.11 Å². The Balaban J connectivity index is 2.36. The first kappa shape index (κ1) is 11.7. The lowest BCUT2D eigenvalue weighted by Gasteiger charge is -2.13. The van der Waals surface area contributed by atoms with E-state index in [-0.39, 0.29) is 0 Å². The third-order valence-electron chi connectivity index (χ3n) is 3.07. The minimum Gasteiger partial charge on any atom is -0.399 e. The zero-order valence-electron chi connectivity index (χ0n) is 10.1. The average Bonchev–Trinajstić information content (AvgIpc) is 2.32. The molecule has 2 heteroatoms. The second-order valence-electron chi connectivity index (χ2n) is 4.42. The largest absolute Gasteiger partial charge is 0.399 e. The number of aliphatic hydroxyl groups is 1. The molecular formula is C15H17NO. The zero-order chi connectivity index (χ0) is 12.4. The molecule has 0 aromatic heterocycles. The molecule has 0 aliphatic carbocycles. The molecule has 0 fully saturated rings. The molecule has 0 unspecified atom stereocenters. The highest BCUT2D eigenvalue weighted by molar-refractivity contribution is 5.44. The molecule has 0 bridgehead atoms. The maximum Gasteiger partial charge on any atom is 0.104 e. The topological polar surface area (TPSA) is 46.2 Å². The van der Waals surface area contributed by atoms with E-state index in [1.807, 2.05) is 43.3 Å². The van der Waals surface area contributed by atoms with E-state index < -0.39 is 6.10 Å². The third kappa shape index (κ3) is 2.48. The number of aliphatic hydroxyl groups excluding tert-OH is 1. The van der Waals surface area contributed by atoms with Crippen LogP contribution in [-0.2, 0) is 0 Å². The average molecular weight is 227 g/mol. The SMILES string of the molecule is Cc1ccc([C@@H](O)c2cccc(N)c2)cc1C. The quantitative estimate of drug-likeness (QED) is 0.775. The molecule has 0 aliphatic heterocycles. The number of benzene rings is 2. The monoisotopic (exact) mass is 227 g/mol. The smallest absolute Gasteiger partial charge is 0.104 e. The van der Waals surface area contributed by atoms with E-state index in [2.05, 4.69) is 6.92 Å². The molecule has 2 nitrogen and oxygen atoms in total. The lowest BCUT2D eigenvalue weighted by atomic mass is 9.98. The van der Waals surface area contributed by atoms with E-state index in [0.29, 0.717) is 5.69 Å². The molecule has 88 valence electrons. The summed E-state index contributed by atoms with van der Waals surface area (Å²) in [7, 11) is 0. The maximum atomic E-state index is 10.3. The van der Waals surface area contributed by atoms with Crippen molar-refractivity contribution in [1.82, 2.24) is 0 Å². The van der Waals surface area contributed by atoms with Crippen molar-refractivity contribution in [1.29, 1.82) is 0 Å². The normalized spacial score (nSPS) is 12.4. The Morgan fingerprint density at radius 1 is 0.941 bits per heavy atom. The zero-order valence-corrected chi connectivity index (χ0v) is 10.1. The Kier molecular flexibility index (Phi) is 3.16. The molecule has 0 amide bonds. The summed E-state index contributed by atoms with van der Waals surface area (Å²) in [5.41, 5.74) is 10.5. The Morgan fingerprint density at radius 3 is 2.29 bits per heavy atom. The van der Waals surface area contributed by atoms with Crippen molar-refractivity contribution in [3.05, 3.63) is 64.7 Å². The van der Waals surface area contributed by atoms with Crippen molar-refractivity contribution >= 4 is 5.69 Å². The predicted molar refractivity (Wildman–Crippen MR) is 70.8 cm³/mol. The lowest BCUT2D eigenvalue weighted by molar-refractivity contribution is 0.220. The standard InChI is InChI=1S/C15H17NO/c1-10-6-7-13(8-11(10)2)15(17)12-4-3-5-14(16)9-12/h3-9,15,17H,16H2,1-2H3/t15-/m0/s1. The number of anilines is 1. The molecule has 0 radical (unpaired) electrons. The van der Waals surface area contributed by atoms with Gasteiger partial charge in [-0.1, -0.05) is 30.3 Å². The first-order chi connectivity index (χ1) is 8.08. The Bertz CT molecular complexity index is 534. The molecule has 0 saturated carbocycles. The summed E-state index contributed by atoms with van der Waals surface area (Å²) >= 11 is 0. The van der Waals surface area contributed by atoms with Gasteiger partial charge in [0.05, 0.1) is 0 Å². The molecule has 2 rings (SSSR count). The van der Waals surface area contributed by atoms with Gasteiger partial charge in [0.15, 0.2) is 0 Å². The summed E-state index contributed by atoms with van der Waals surface area (Å²) in [5, 5.41) is 10.3. The first-order valence-electron chi connectivity index (χ1n) is 5.68. The molecule has 1 atom stereocenters. The second-order valence-corrected chi connectivity index (χ2v) is 4.42. The summed E-state index contributed by atoms with van der Waals surface area (Å²) in [5.74, 6) is 0. The highest BCUT2D eigenvalue weighted by Gasteiger charge is 2.10. The van der Waals surface area contributed by atoms with Gasteiger partial charge >= 0.3 is 0 Å². The van der Waals surface area contributed by atoms with Crippen LogP contribution in [0.1, 0.15) is 28.4 Å². The fourth-order valence-corrected chi connectivity index (χ4v) is 1.86. The van der Waals surface area contributed by atoms with Crippen LogP contribution in [0.2, 0.25) is 0 Å². The van der Waals surface area contributed by atoms with Crippen LogP contribution in [0.5, 0.6) is 0 Å². The molecular weight excluding hydrogens is 210 g/mol. The molecule has 2 aromatic carbocycles. The van der Waals surface area contributed by atoms with Gasteiger partial charge < -0.3 is 10.8 Å². The summed E-state index contributed by atoms with van der Waals surface area (Å²) in [4.78, 5) is 0. The van der Waals surface area contributed by atoms with Crippen molar-refractivity contribution in [2.75, 3.05) is 5.73 Å². The predicted octanol–water partition coefficient (Wildman–Crippen LogP) is 2.97. The van der Waals surface area contributed by atoms with Crippen LogP contribution in [0.15, 0.2) is 42.5 Å². The summed E-state index contributed by atoms with van der Waals surface area (Å²) in [6, 6.07) is 13.4. The Morgan fingerprint density at radius 2 is 1.65 bits per heavy atom. The van der Waals surface area contributed by atoms with Gasteiger partial charge in [-0.3, -0.25) is 0 Å². The maximum absolute atomic E-state index is 10.3. The molecule has 3 N–H and O–H groups in total. The van der Waals surface area contributed by atoms with Gasteiger partial charge in [-0.15, -0.1) is 0 Å². The van der Waals surface area contributed by atoms with Gasteiger partial charge in [0.25, 0.3) is 0 Å². The van der Waals surface area contributed by atoms with Crippen molar-refractivity contribution in [2.45, 2.75) is 20.0 Å². The number of hydrogen-bond donors (Lipinski definition) is 2.